The molecule has 0 atom stereocenters. The quantitative estimate of drug-likeness (QED) is 0.290. The van der Waals surface area contributed by atoms with E-state index < -0.39 is 0 Å². The molecule has 1 aromatic carbocycles. The zero-order valence-electron chi connectivity index (χ0n) is 16.7. The molecule has 2 aromatic rings. The molecule has 1 amide bonds. The Labute approximate surface area is 182 Å². The topological polar surface area (TPSA) is 105 Å². The zero-order valence-corrected chi connectivity index (χ0v) is 19.0. The van der Waals surface area contributed by atoms with Crippen LogP contribution in [-0.2, 0) is 24.3 Å². The first-order valence-electron chi connectivity index (χ1n) is 8.83. The number of hydrogen-bond acceptors (Lipinski definition) is 5. The lowest BCUT2D eigenvalue weighted by Gasteiger charge is -2.14. The van der Waals surface area contributed by atoms with E-state index in [9.17, 15) is 4.79 Å². The molecule has 0 unspecified atom stereocenters. The van der Waals surface area contributed by atoms with Crippen LogP contribution in [0.4, 0.5) is 5.69 Å². The van der Waals surface area contributed by atoms with Gasteiger partial charge in [-0.05, 0) is 17.7 Å². The van der Waals surface area contributed by atoms with Crippen molar-refractivity contribution in [1.29, 1.82) is 0 Å². The maximum atomic E-state index is 11.3. The predicted molar refractivity (Wildman–Crippen MR) is 120 cm³/mol. The highest BCUT2D eigenvalue weighted by Crippen LogP contribution is 2.25. The second kappa shape index (κ2) is 12.2. The number of aromatic nitrogens is 3. The summed E-state index contributed by atoms with van der Waals surface area (Å²) < 4.78 is 7.29. The van der Waals surface area contributed by atoms with E-state index in [0.717, 1.165) is 24.4 Å². The summed E-state index contributed by atoms with van der Waals surface area (Å²) >= 11 is 0. The van der Waals surface area contributed by atoms with Gasteiger partial charge in [0.1, 0.15) is 17.9 Å². The van der Waals surface area contributed by atoms with Gasteiger partial charge in [0.15, 0.2) is 5.96 Å². The molecule has 9 nitrogen and oxygen atoms in total. The van der Waals surface area contributed by atoms with Gasteiger partial charge in [-0.1, -0.05) is 13.0 Å². The Morgan fingerprint density at radius 3 is 2.75 bits per heavy atom. The SMILES string of the molecule is CCc1nncn1CCNC(=NC)NCc1ccc(OC)c(NC(C)=O)c1.I. The second-order valence-corrected chi connectivity index (χ2v) is 5.86. The highest BCUT2D eigenvalue weighted by Gasteiger charge is 2.07. The molecule has 1 aromatic heterocycles. The van der Waals surface area contributed by atoms with Gasteiger partial charge < -0.3 is 25.3 Å². The Kier molecular flexibility index (Phi) is 10.3. The molecule has 0 fully saturated rings. The van der Waals surface area contributed by atoms with Gasteiger partial charge in [0.2, 0.25) is 5.91 Å². The molecule has 0 saturated carbocycles. The Morgan fingerprint density at radius 2 is 2.11 bits per heavy atom. The molecule has 154 valence electrons. The van der Waals surface area contributed by atoms with Crippen LogP contribution >= 0.6 is 24.0 Å². The van der Waals surface area contributed by atoms with E-state index in [-0.39, 0.29) is 29.9 Å². The molecule has 0 aliphatic carbocycles. The molecule has 3 N–H and O–H groups in total. The van der Waals surface area contributed by atoms with Crippen LogP contribution in [0, 0.1) is 0 Å². The van der Waals surface area contributed by atoms with Crippen molar-refractivity contribution in [2.45, 2.75) is 33.4 Å². The van der Waals surface area contributed by atoms with Crippen LogP contribution in [0.25, 0.3) is 0 Å². The van der Waals surface area contributed by atoms with Crippen molar-refractivity contribution in [1.82, 2.24) is 25.4 Å². The highest BCUT2D eigenvalue weighted by molar-refractivity contribution is 14.0. The number of carbonyl (C=O) groups is 1. The second-order valence-electron chi connectivity index (χ2n) is 5.86. The normalized spacial score (nSPS) is 10.8. The largest absolute Gasteiger partial charge is 0.495 e. The number of ether oxygens (including phenoxy) is 1. The van der Waals surface area contributed by atoms with Crippen LogP contribution in [0.5, 0.6) is 5.75 Å². The third kappa shape index (κ3) is 6.98. The summed E-state index contributed by atoms with van der Waals surface area (Å²) in [5.41, 5.74) is 1.64. The van der Waals surface area contributed by atoms with Crippen LogP contribution in [-0.4, -0.2) is 47.3 Å². The molecule has 1 heterocycles. The first-order chi connectivity index (χ1) is 13.1. The summed E-state index contributed by atoms with van der Waals surface area (Å²) in [6.07, 6.45) is 2.58. The van der Waals surface area contributed by atoms with Gasteiger partial charge in [0.25, 0.3) is 0 Å². The van der Waals surface area contributed by atoms with Crippen LogP contribution in [0.1, 0.15) is 25.2 Å². The number of aryl methyl sites for hydroxylation is 1. The van der Waals surface area contributed by atoms with Crippen molar-refractivity contribution in [3.8, 4) is 5.75 Å². The van der Waals surface area contributed by atoms with E-state index in [1.54, 1.807) is 20.5 Å². The summed E-state index contributed by atoms with van der Waals surface area (Å²) in [5, 5.41) is 17.3. The first-order valence-corrected chi connectivity index (χ1v) is 8.83. The molecular formula is C18H28IN7O2. The third-order valence-corrected chi connectivity index (χ3v) is 3.92. The number of carbonyl (C=O) groups excluding carboxylic acids is 1. The Morgan fingerprint density at radius 1 is 1.32 bits per heavy atom. The smallest absolute Gasteiger partial charge is 0.221 e. The Hall–Kier alpha value is -2.37. The van der Waals surface area contributed by atoms with Crippen molar-refractivity contribution < 1.29 is 9.53 Å². The molecule has 0 radical (unpaired) electrons. The van der Waals surface area contributed by atoms with E-state index >= 15 is 0 Å². The lowest BCUT2D eigenvalue weighted by Crippen LogP contribution is -2.38. The molecule has 10 heteroatoms. The third-order valence-electron chi connectivity index (χ3n) is 3.92. The molecule has 2 rings (SSSR count). The van der Waals surface area contributed by atoms with Crippen LogP contribution in [0.3, 0.4) is 0 Å². The molecule has 0 aliphatic heterocycles. The van der Waals surface area contributed by atoms with Gasteiger partial charge in [-0.15, -0.1) is 34.2 Å². The van der Waals surface area contributed by atoms with Crippen molar-refractivity contribution in [3.63, 3.8) is 0 Å². The number of rotatable bonds is 8. The molecule has 28 heavy (non-hydrogen) atoms. The van der Waals surface area contributed by atoms with Gasteiger partial charge in [-0.25, -0.2) is 0 Å². The first kappa shape index (κ1) is 23.7. The van der Waals surface area contributed by atoms with Gasteiger partial charge >= 0.3 is 0 Å². The maximum absolute atomic E-state index is 11.3. The monoisotopic (exact) mass is 501 g/mol. The fraction of sp³-hybridized carbons (Fsp3) is 0.444. The lowest BCUT2D eigenvalue weighted by atomic mass is 10.2. The zero-order chi connectivity index (χ0) is 19.6. The van der Waals surface area contributed by atoms with Crippen molar-refractivity contribution in [3.05, 3.63) is 35.9 Å². The number of amides is 1. The van der Waals surface area contributed by atoms with Crippen molar-refractivity contribution >= 4 is 41.5 Å². The average molecular weight is 501 g/mol. The fourth-order valence-corrected chi connectivity index (χ4v) is 2.59. The number of nitrogens with zero attached hydrogens (tertiary/aromatic N) is 4. The number of nitrogens with one attached hydrogen (secondary N) is 3. The summed E-state index contributed by atoms with van der Waals surface area (Å²) in [6.45, 7) is 5.54. The number of benzene rings is 1. The molecule has 0 aliphatic rings. The molecule has 0 bridgehead atoms. The lowest BCUT2D eigenvalue weighted by molar-refractivity contribution is -0.114. The molecule has 0 spiro atoms. The average Bonchev–Trinajstić information content (AvgIpc) is 3.11. The minimum Gasteiger partial charge on any atom is -0.495 e. The number of aliphatic imine (C=N–C) groups is 1. The highest BCUT2D eigenvalue weighted by atomic mass is 127. The number of halogens is 1. The van der Waals surface area contributed by atoms with Crippen molar-refractivity contribution in [2.75, 3.05) is 26.0 Å². The van der Waals surface area contributed by atoms with E-state index in [1.807, 2.05) is 22.8 Å². The number of anilines is 1. The van der Waals surface area contributed by atoms with Gasteiger partial charge in [-0.3, -0.25) is 9.79 Å². The van der Waals surface area contributed by atoms with Crippen LogP contribution in [0.2, 0.25) is 0 Å². The summed E-state index contributed by atoms with van der Waals surface area (Å²) in [4.78, 5) is 15.6. The fourth-order valence-electron chi connectivity index (χ4n) is 2.59. The summed E-state index contributed by atoms with van der Waals surface area (Å²) in [7, 11) is 3.30. The summed E-state index contributed by atoms with van der Waals surface area (Å²) in [5.74, 6) is 2.13. The predicted octanol–water partition coefficient (Wildman–Crippen LogP) is 1.79. The van der Waals surface area contributed by atoms with E-state index in [2.05, 4.69) is 38.1 Å². The number of guanidine groups is 1. The summed E-state index contributed by atoms with van der Waals surface area (Å²) in [6, 6.07) is 5.65. The van der Waals surface area contributed by atoms with Crippen molar-refractivity contribution in [2.24, 2.45) is 4.99 Å². The number of methoxy groups -OCH3 is 1. The van der Waals surface area contributed by atoms with E-state index in [1.165, 1.54) is 6.92 Å². The minimum atomic E-state index is -0.142. The van der Waals surface area contributed by atoms with Crippen LogP contribution in [0.15, 0.2) is 29.5 Å². The molecule has 0 saturated heterocycles. The van der Waals surface area contributed by atoms with E-state index in [0.29, 0.717) is 30.5 Å². The molecular weight excluding hydrogens is 473 g/mol. The van der Waals surface area contributed by atoms with Gasteiger partial charge in [-0.2, -0.15) is 0 Å². The van der Waals surface area contributed by atoms with Crippen LogP contribution < -0.4 is 20.7 Å². The standard InChI is InChI=1S/C18H27N7O2.HI/c1-5-17-24-22-12-25(17)9-8-20-18(19-3)21-11-14-6-7-16(27-4)15(10-14)23-13(2)26;/h6-7,10,12H,5,8-9,11H2,1-4H3,(H,23,26)(H2,19,20,21);1H. The maximum Gasteiger partial charge on any atom is 0.221 e. The van der Waals surface area contributed by atoms with Gasteiger partial charge in [0, 0.05) is 40.0 Å². The number of hydrogen-bond donors (Lipinski definition) is 3. The minimum absolute atomic E-state index is 0. The Bertz CT molecular complexity index is 792. The Balaban J connectivity index is 0.00000392. The van der Waals surface area contributed by atoms with E-state index in [4.69, 9.17) is 4.74 Å². The van der Waals surface area contributed by atoms with Gasteiger partial charge in [0.05, 0.1) is 12.8 Å².